The van der Waals surface area contributed by atoms with Gasteiger partial charge in [0.05, 0.1) is 10.2 Å². The van der Waals surface area contributed by atoms with Crippen molar-refractivity contribution < 1.29 is 0 Å². The van der Waals surface area contributed by atoms with Gasteiger partial charge in [-0.05, 0) is 35.4 Å². The third kappa shape index (κ3) is 3.92. The van der Waals surface area contributed by atoms with Crippen molar-refractivity contribution in [2.24, 2.45) is 0 Å². The van der Waals surface area contributed by atoms with Crippen LogP contribution in [0.15, 0.2) is 78.4 Å². The summed E-state index contributed by atoms with van der Waals surface area (Å²) in [5.41, 5.74) is 3.74. The molecule has 130 valence electrons. The summed E-state index contributed by atoms with van der Waals surface area (Å²) >= 11 is 1.72. The van der Waals surface area contributed by atoms with E-state index in [0.717, 1.165) is 37.3 Å². The molecular formula is C22H21N3S. The molecule has 0 amide bonds. The third-order valence-corrected chi connectivity index (χ3v) is 5.45. The van der Waals surface area contributed by atoms with Gasteiger partial charge in [-0.15, -0.1) is 11.3 Å². The van der Waals surface area contributed by atoms with Gasteiger partial charge in [-0.3, -0.25) is 0 Å². The molecule has 2 aromatic heterocycles. The smallest absolute Gasteiger partial charge is 0.150 e. The number of anilines is 1. The van der Waals surface area contributed by atoms with Gasteiger partial charge in [-0.25, -0.2) is 9.97 Å². The maximum atomic E-state index is 4.63. The molecule has 0 aliphatic carbocycles. The highest BCUT2D eigenvalue weighted by Crippen LogP contribution is 2.28. The molecule has 0 aliphatic heterocycles. The first-order valence-electron chi connectivity index (χ1n) is 8.91. The first kappa shape index (κ1) is 16.7. The zero-order valence-electron chi connectivity index (χ0n) is 14.6. The summed E-state index contributed by atoms with van der Waals surface area (Å²) in [5, 5.41) is 2.09. The van der Waals surface area contributed by atoms with Crippen molar-refractivity contribution in [3.05, 3.63) is 89.6 Å². The van der Waals surface area contributed by atoms with Crippen molar-refractivity contribution in [3.63, 3.8) is 0 Å². The van der Waals surface area contributed by atoms with Crippen molar-refractivity contribution in [1.29, 1.82) is 0 Å². The molecule has 3 nitrogen and oxygen atoms in total. The topological polar surface area (TPSA) is 29.0 Å². The number of nitrogens with zero attached hydrogens (tertiary/aromatic N) is 3. The van der Waals surface area contributed by atoms with E-state index in [1.807, 2.05) is 0 Å². The number of benzene rings is 2. The number of aromatic nitrogens is 2. The Hall–Kier alpha value is -2.72. The van der Waals surface area contributed by atoms with Crippen molar-refractivity contribution >= 4 is 27.4 Å². The van der Waals surface area contributed by atoms with E-state index in [2.05, 4.69) is 87.0 Å². The van der Waals surface area contributed by atoms with Gasteiger partial charge in [0.15, 0.2) is 0 Å². The second kappa shape index (κ2) is 8.11. The van der Waals surface area contributed by atoms with Crippen LogP contribution in [0.3, 0.4) is 0 Å². The highest BCUT2D eigenvalue weighted by atomic mass is 32.1. The second-order valence-corrected chi connectivity index (χ2v) is 7.21. The molecule has 0 spiro atoms. The summed E-state index contributed by atoms with van der Waals surface area (Å²) in [6, 6.07) is 23.4. The molecule has 0 saturated heterocycles. The van der Waals surface area contributed by atoms with Crippen LogP contribution in [0.5, 0.6) is 0 Å². The highest BCUT2D eigenvalue weighted by Gasteiger charge is 2.13. The summed E-state index contributed by atoms with van der Waals surface area (Å²) in [7, 11) is 0. The Bertz CT molecular complexity index is 907. The largest absolute Gasteiger partial charge is 0.355 e. The number of thiophene rings is 1. The van der Waals surface area contributed by atoms with E-state index in [1.165, 1.54) is 15.8 Å². The van der Waals surface area contributed by atoms with Gasteiger partial charge in [0.2, 0.25) is 0 Å². The fourth-order valence-corrected chi connectivity index (χ4v) is 4.00. The Morgan fingerprint density at radius 1 is 0.731 bits per heavy atom. The Balaban J connectivity index is 1.57. The maximum absolute atomic E-state index is 4.63. The molecule has 0 unspecified atom stereocenters. The predicted octanol–water partition coefficient (Wildman–Crippen LogP) is 4.98. The van der Waals surface area contributed by atoms with Gasteiger partial charge in [0.25, 0.3) is 0 Å². The minimum absolute atomic E-state index is 0.945. The Kier molecular flexibility index (Phi) is 5.22. The lowest BCUT2D eigenvalue weighted by atomic mass is 10.1. The van der Waals surface area contributed by atoms with Crippen LogP contribution in [-0.2, 0) is 12.8 Å². The first-order valence-corrected chi connectivity index (χ1v) is 9.79. The summed E-state index contributed by atoms with van der Waals surface area (Å²) in [5.74, 6) is 1.05. The SMILES string of the molecule is c1ccc(CCN(CCc2ccccc2)c2ncnc3ccsc23)cc1. The number of hydrogen-bond donors (Lipinski definition) is 0. The molecule has 26 heavy (non-hydrogen) atoms. The van der Waals surface area contributed by atoms with E-state index in [1.54, 1.807) is 17.7 Å². The highest BCUT2D eigenvalue weighted by molar-refractivity contribution is 7.17. The van der Waals surface area contributed by atoms with Crippen molar-refractivity contribution in [3.8, 4) is 0 Å². The van der Waals surface area contributed by atoms with Gasteiger partial charge >= 0.3 is 0 Å². The van der Waals surface area contributed by atoms with Gasteiger partial charge < -0.3 is 4.90 Å². The average Bonchev–Trinajstić information content (AvgIpc) is 3.19. The molecule has 0 bridgehead atoms. The Labute approximate surface area is 158 Å². The monoisotopic (exact) mass is 359 g/mol. The van der Waals surface area contributed by atoms with Crippen LogP contribution in [0.4, 0.5) is 5.82 Å². The van der Waals surface area contributed by atoms with Gasteiger partial charge in [-0.1, -0.05) is 60.7 Å². The molecule has 0 saturated carbocycles. The average molecular weight is 359 g/mol. The fraction of sp³-hybridized carbons (Fsp3) is 0.182. The van der Waals surface area contributed by atoms with Crippen molar-refractivity contribution in [2.75, 3.05) is 18.0 Å². The minimum Gasteiger partial charge on any atom is -0.355 e. The lowest BCUT2D eigenvalue weighted by Gasteiger charge is -2.24. The molecule has 0 atom stereocenters. The molecule has 4 aromatic rings. The van der Waals surface area contributed by atoms with Crippen LogP contribution in [0.2, 0.25) is 0 Å². The van der Waals surface area contributed by atoms with Gasteiger partial charge in [-0.2, -0.15) is 0 Å². The van der Waals surface area contributed by atoms with E-state index in [-0.39, 0.29) is 0 Å². The lowest BCUT2D eigenvalue weighted by molar-refractivity contribution is 0.759. The zero-order valence-corrected chi connectivity index (χ0v) is 15.4. The standard InChI is InChI=1S/C22H21N3S/c1-3-7-18(8-4-1)11-14-25(15-12-19-9-5-2-6-10-19)22-21-20(13-16-26-21)23-17-24-22/h1-10,13,16-17H,11-12,14-15H2. The van der Waals surface area contributed by atoms with Crippen molar-refractivity contribution in [1.82, 2.24) is 9.97 Å². The molecule has 2 heterocycles. The summed E-state index contributed by atoms with van der Waals surface area (Å²) < 4.78 is 1.17. The van der Waals surface area contributed by atoms with E-state index in [9.17, 15) is 0 Å². The first-order chi connectivity index (χ1) is 12.9. The second-order valence-electron chi connectivity index (χ2n) is 6.29. The molecule has 0 aliphatic rings. The van der Waals surface area contributed by atoms with E-state index in [4.69, 9.17) is 0 Å². The van der Waals surface area contributed by atoms with Crippen LogP contribution < -0.4 is 4.90 Å². The van der Waals surface area contributed by atoms with E-state index < -0.39 is 0 Å². The van der Waals surface area contributed by atoms with Gasteiger partial charge in [0.1, 0.15) is 12.1 Å². The minimum atomic E-state index is 0.945. The van der Waals surface area contributed by atoms with Crippen LogP contribution in [-0.4, -0.2) is 23.1 Å². The molecule has 0 N–H and O–H groups in total. The van der Waals surface area contributed by atoms with Gasteiger partial charge in [0, 0.05) is 13.1 Å². The number of hydrogen-bond acceptors (Lipinski definition) is 4. The maximum Gasteiger partial charge on any atom is 0.150 e. The Morgan fingerprint density at radius 3 is 1.96 bits per heavy atom. The molecule has 4 heteroatoms. The quantitative estimate of drug-likeness (QED) is 0.466. The molecule has 0 radical (unpaired) electrons. The summed E-state index contributed by atoms with van der Waals surface area (Å²) in [6.07, 6.45) is 3.70. The summed E-state index contributed by atoms with van der Waals surface area (Å²) in [4.78, 5) is 11.4. The molecule has 2 aromatic carbocycles. The van der Waals surface area contributed by atoms with Crippen LogP contribution >= 0.6 is 11.3 Å². The molecular weight excluding hydrogens is 338 g/mol. The molecule has 4 rings (SSSR count). The Morgan fingerprint density at radius 2 is 1.35 bits per heavy atom. The normalized spacial score (nSPS) is 10.9. The predicted molar refractivity (Wildman–Crippen MR) is 110 cm³/mol. The third-order valence-electron chi connectivity index (χ3n) is 4.55. The zero-order chi connectivity index (χ0) is 17.6. The fourth-order valence-electron chi connectivity index (χ4n) is 3.14. The van der Waals surface area contributed by atoms with Crippen LogP contribution in [0, 0.1) is 0 Å². The van der Waals surface area contributed by atoms with E-state index in [0.29, 0.717) is 0 Å². The molecule has 0 fully saturated rings. The summed E-state index contributed by atoms with van der Waals surface area (Å²) in [6.45, 7) is 1.89. The van der Waals surface area contributed by atoms with Crippen LogP contribution in [0.25, 0.3) is 10.2 Å². The van der Waals surface area contributed by atoms with Crippen LogP contribution in [0.1, 0.15) is 11.1 Å². The number of rotatable bonds is 7. The number of fused-ring (bicyclic) bond motifs is 1. The lowest BCUT2D eigenvalue weighted by Crippen LogP contribution is -2.29. The van der Waals surface area contributed by atoms with Crippen molar-refractivity contribution in [2.45, 2.75) is 12.8 Å². The van der Waals surface area contributed by atoms with E-state index >= 15 is 0 Å².